The van der Waals surface area contributed by atoms with Gasteiger partial charge in [-0.15, -0.1) is 0 Å². The van der Waals surface area contributed by atoms with E-state index in [1.165, 1.54) is 0 Å². The van der Waals surface area contributed by atoms with Crippen molar-refractivity contribution in [1.82, 2.24) is 9.78 Å². The Labute approximate surface area is 118 Å². The van der Waals surface area contributed by atoms with Crippen LogP contribution in [0.3, 0.4) is 0 Å². The molecule has 0 saturated carbocycles. The average molecular weight is 277 g/mol. The minimum atomic E-state index is 0.481. The number of aldehydes is 1. The maximum atomic E-state index is 10.8. The first-order valence-corrected chi connectivity index (χ1v) is 6.75. The van der Waals surface area contributed by atoms with Crippen molar-refractivity contribution in [2.45, 2.75) is 33.7 Å². The fourth-order valence-electron chi connectivity index (χ4n) is 2.32. The van der Waals surface area contributed by atoms with Gasteiger partial charge in [0.1, 0.15) is 0 Å². The summed E-state index contributed by atoms with van der Waals surface area (Å²) in [6, 6.07) is 5.50. The second kappa shape index (κ2) is 5.57. The van der Waals surface area contributed by atoms with Crippen molar-refractivity contribution >= 4 is 17.9 Å². The fourth-order valence-corrected chi connectivity index (χ4v) is 2.55. The monoisotopic (exact) mass is 276 g/mol. The highest BCUT2D eigenvalue weighted by Gasteiger charge is 2.14. The second-order valence-electron chi connectivity index (χ2n) is 4.62. The van der Waals surface area contributed by atoms with Crippen molar-refractivity contribution in [3.63, 3.8) is 0 Å². The Hall–Kier alpha value is -1.61. The van der Waals surface area contributed by atoms with Crippen LogP contribution in [0, 0.1) is 13.8 Å². The molecule has 4 heteroatoms. The van der Waals surface area contributed by atoms with Crippen molar-refractivity contribution < 1.29 is 4.79 Å². The quantitative estimate of drug-likeness (QED) is 0.790. The van der Waals surface area contributed by atoms with E-state index in [-0.39, 0.29) is 0 Å². The summed E-state index contributed by atoms with van der Waals surface area (Å²) < 4.78 is 2.02. The molecule has 0 atom stereocenters. The molecule has 1 heterocycles. The van der Waals surface area contributed by atoms with Crippen LogP contribution in [-0.4, -0.2) is 16.1 Å². The number of carbonyl (C=O) groups excluding carboxylic acids is 1. The molecule has 2 aromatic rings. The highest BCUT2D eigenvalue weighted by atomic mass is 35.5. The molecule has 2 rings (SSSR count). The molecule has 1 aromatic carbocycles. The van der Waals surface area contributed by atoms with E-state index in [0.29, 0.717) is 10.6 Å². The van der Waals surface area contributed by atoms with Gasteiger partial charge in [-0.25, -0.2) is 0 Å². The third-order valence-corrected chi connectivity index (χ3v) is 3.56. The number of benzene rings is 1. The lowest BCUT2D eigenvalue weighted by Crippen LogP contribution is -2.01. The maximum Gasteiger partial charge on any atom is 0.151 e. The van der Waals surface area contributed by atoms with E-state index in [1.807, 2.05) is 23.7 Å². The Kier molecular flexibility index (Phi) is 4.05. The number of rotatable bonds is 4. The zero-order chi connectivity index (χ0) is 14.0. The Morgan fingerprint density at radius 3 is 2.68 bits per heavy atom. The lowest BCUT2D eigenvalue weighted by Gasteiger charge is -2.05. The molecule has 0 N–H and O–H groups in total. The Morgan fingerprint density at radius 1 is 1.37 bits per heavy atom. The Morgan fingerprint density at radius 2 is 2.11 bits per heavy atom. The molecule has 0 radical (unpaired) electrons. The van der Waals surface area contributed by atoms with E-state index in [9.17, 15) is 4.79 Å². The van der Waals surface area contributed by atoms with Crippen molar-refractivity contribution in [2.24, 2.45) is 0 Å². The lowest BCUT2D eigenvalue weighted by molar-refractivity contribution is 0.112. The zero-order valence-electron chi connectivity index (χ0n) is 11.4. The smallest absolute Gasteiger partial charge is 0.151 e. The second-order valence-corrected chi connectivity index (χ2v) is 5.03. The van der Waals surface area contributed by atoms with Crippen LogP contribution in [0.5, 0.6) is 0 Å². The van der Waals surface area contributed by atoms with E-state index in [0.717, 1.165) is 41.8 Å². The largest absolute Gasteiger partial charge is 0.298 e. The summed E-state index contributed by atoms with van der Waals surface area (Å²) in [4.78, 5) is 10.8. The summed E-state index contributed by atoms with van der Waals surface area (Å²) in [5.74, 6) is 0. The van der Waals surface area contributed by atoms with Crippen LogP contribution in [0.2, 0.25) is 5.02 Å². The van der Waals surface area contributed by atoms with Crippen LogP contribution in [0.4, 0.5) is 0 Å². The number of nitrogens with zero attached hydrogens (tertiary/aromatic N) is 2. The molecule has 1 aromatic heterocycles. The highest BCUT2D eigenvalue weighted by molar-refractivity contribution is 6.33. The number of carbonyl (C=O) groups is 1. The summed E-state index contributed by atoms with van der Waals surface area (Å²) >= 11 is 6.09. The van der Waals surface area contributed by atoms with Crippen LogP contribution >= 0.6 is 11.6 Å². The molecule has 0 amide bonds. The molecule has 0 aliphatic heterocycles. The average Bonchev–Trinajstić information content (AvgIpc) is 2.65. The molecule has 0 aliphatic carbocycles. The summed E-state index contributed by atoms with van der Waals surface area (Å²) in [7, 11) is 0. The van der Waals surface area contributed by atoms with Gasteiger partial charge in [0.15, 0.2) is 6.29 Å². The topological polar surface area (TPSA) is 34.9 Å². The fraction of sp³-hybridized carbons (Fsp3) is 0.333. The highest BCUT2D eigenvalue weighted by Crippen LogP contribution is 2.30. The molecular formula is C15H17ClN2O. The normalized spacial score (nSPS) is 10.7. The number of aromatic nitrogens is 2. The molecule has 0 saturated heterocycles. The SMILES string of the molecule is CCCn1nc(C)c(-c2ccc(C=O)c(Cl)c2)c1C. The molecule has 19 heavy (non-hydrogen) atoms. The van der Waals surface area contributed by atoms with Crippen LogP contribution in [0.1, 0.15) is 35.1 Å². The minimum Gasteiger partial charge on any atom is -0.298 e. The van der Waals surface area contributed by atoms with Gasteiger partial charge in [0, 0.05) is 23.4 Å². The lowest BCUT2D eigenvalue weighted by atomic mass is 10.0. The summed E-state index contributed by atoms with van der Waals surface area (Å²) in [5.41, 5.74) is 4.75. The van der Waals surface area contributed by atoms with Gasteiger partial charge < -0.3 is 0 Å². The summed E-state index contributed by atoms with van der Waals surface area (Å²) in [6.45, 7) is 7.10. The van der Waals surface area contributed by atoms with Crippen molar-refractivity contribution in [2.75, 3.05) is 0 Å². The minimum absolute atomic E-state index is 0.481. The van der Waals surface area contributed by atoms with E-state index in [1.54, 1.807) is 6.07 Å². The standard InChI is InChI=1S/C15H17ClN2O/c1-4-7-18-11(3)15(10(2)17-18)12-5-6-13(9-19)14(16)8-12/h5-6,8-9H,4,7H2,1-3H3. The first kappa shape index (κ1) is 13.8. The van der Waals surface area contributed by atoms with Gasteiger partial charge >= 0.3 is 0 Å². The van der Waals surface area contributed by atoms with E-state index in [2.05, 4.69) is 18.9 Å². The predicted octanol–water partition coefficient (Wildman–Crippen LogP) is 4.04. The van der Waals surface area contributed by atoms with Crippen LogP contribution in [-0.2, 0) is 6.54 Å². The Balaban J connectivity index is 2.52. The van der Waals surface area contributed by atoms with Crippen LogP contribution in [0.15, 0.2) is 18.2 Å². The number of hydrogen-bond acceptors (Lipinski definition) is 2. The van der Waals surface area contributed by atoms with Crippen LogP contribution in [0.25, 0.3) is 11.1 Å². The van der Waals surface area contributed by atoms with Gasteiger partial charge in [-0.3, -0.25) is 9.48 Å². The van der Waals surface area contributed by atoms with Gasteiger partial charge in [-0.1, -0.05) is 24.6 Å². The third kappa shape index (κ3) is 2.56. The number of aryl methyl sites for hydroxylation is 2. The van der Waals surface area contributed by atoms with Crippen molar-refractivity contribution in [1.29, 1.82) is 0 Å². The van der Waals surface area contributed by atoms with E-state index >= 15 is 0 Å². The molecule has 3 nitrogen and oxygen atoms in total. The molecule has 0 fully saturated rings. The summed E-state index contributed by atoms with van der Waals surface area (Å²) in [5, 5.41) is 5.03. The van der Waals surface area contributed by atoms with Gasteiger partial charge in [0.25, 0.3) is 0 Å². The van der Waals surface area contributed by atoms with E-state index < -0.39 is 0 Å². The number of hydrogen-bond donors (Lipinski definition) is 0. The summed E-state index contributed by atoms with van der Waals surface area (Å²) in [6.07, 6.45) is 1.82. The van der Waals surface area contributed by atoms with Crippen LogP contribution < -0.4 is 0 Å². The maximum absolute atomic E-state index is 10.8. The molecule has 0 bridgehead atoms. The van der Waals surface area contributed by atoms with Gasteiger partial charge in [0.2, 0.25) is 0 Å². The Bertz CT molecular complexity index is 617. The number of halogens is 1. The first-order valence-electron chi connectivity index (χ1n) is 6.37. The first-order chi connectivity index (χ1) is 9.08. The zero-order valence-corrected chi connectivity index (χ0v) is 12.2. The molecule has 0 spiro atoms. The van der Waals surface area contributed by atoms with Crippen molar-refractivity contribution in [3.8, 4) is 11.1 Å². The predicted molar refractivity (Wildman–Crippen MR) is 77.8 cm³/mol. The van der Waals surface area contributed by atoms with Gasteiger partial charge in [-0.2, -0.15) is 5.10 Å². The third-order valence-electron chi connectivity index (χ3n) is 3.23. The molecular weight excluding hydrogens is 260 g/mol. The van der Waals surface area contributed by atoms with Gasteiger partial charge in [-0.05, 0) is 38.0 Å². The van der Waals surface area contributed by atoms with E-state index in [4.69, 9.17) is 11.6 Å². The van der Waals surface area contributed by atoms with Gasteiger partial charge in [0.05, 0.1) is 10.7 Å². The molecule has 0 aliphatic rings. The molecule has 100 valence electrons. The molecule has 0 unspecified atom stereocenters. The van der Waals surface area contributed by atoms with Crippen molar-refractivity contribution in [3.05, 3.63) is 40.2 Å².